The van der Waals surface area contributed by atoms with Gasteiger partial charge in [0.05, 0.1) is 30.2 Å². The van der Waals surface area contributed by atoms with Gasteiger partial charge >= 0.3 is 0 Å². The molecule has 11 nitrogen and oxygen atoms in total. The van der Waals surface area contributed by atoms with Crippen LogP contribution in [0.5, 0.6) is 0 Å². The Morgan fingerprint density at radius 2 is 1.84 bits per heavy atom. The number of piperidine rings is 1. The number of nitriles is 1. The molecule has 4 aromatic rings. The average molecular weight is 599 g/mol. The topological polar surface area (TPSA) is 111 Å². The van der Waals surface area contributed by atoms with E-state index >= 15 is 0 Å². The first-order valence-electron chi connectivity index (χ1n) is 14.9. The van der Waals surface area contributed by atoms with E-state index in [9.17, 15) is 10.1 Å². The number of benzene rings is 1. The number of thioether (sulfide) groups is 1. The number of nitrogens with zero attached hydrogens (tertiary/aromatic N) is 9. The second-order valence-corrected chi connectivity index (χ2v) is 12.3. The van der Waals surface area contributed by atoms with Crippen molar-refractivity contribution in [2.24, 2.45) is 0 Å². The molecule has 2 saturated heterocycles. The number of nitrogens with one attached hydrogen (secondary N) is 1. The molecule has 2 fully saturated rings. The predicted molar refractivity (Wildman–Crippen MR) is 169 cm³/mol. The number of piperazine rings is 1. The maximum absolute atomic E-state index is 11.6. The van der Waals surface area contributed by atoms with E-state index in [1.165, 1.54) is 10.5 Å². The number of carbonyl (C=O) groups is 1. The van der Waals surface area contributed by atoms with Crippen LogP contribution < -0.4 is 10.2 Å². The Labute approximate surface area is 256 Å². The molecule has 0 unspecified atom stereocenters. The molecule has 2 aliphatic heterocycles. The molecule has 1 N–H and O–H groups in total. The van der Waals surface area contributed by atoms with Crippen LogP contribution in [0.25, 0.3) is 5.65 Å². The first kappa shape index (κ1) is 29.0. The van der Waals surface area contributed by atoms with Crippen LogP contribution in [0.3, 0.4) is 0 Å². The normalized spacial score (nSPS) is 17.2. The van der Waals surface area contributed by atoms with Gasteiger partial charge in [-0.3, -0.25) is 14.4 Å². The van der Waals surface area contributed by atoms with E-state index in [-0.39, 0.29) is 11.3 Å². The van der Waals surface area contributed by atoms with Gasteiger partial charge < -0.3 is 15.1 Å². The third-order valence-corrected chi connectivity index (χ3v) is 9.62. The Morgan fingerprint density at radius 1 is 1.07 bits per heavy atom. The van der Waals surface area contributed by atoms with E-state index in [1.807, 2.05) is 32.6 Å². The van der Waals surface area contributed by atoms with Gasteiger partial charge in [-0.05, 0) is 48.9 Å². The lowest BCUT2D eigenvalue weighted by Gasteiger charge is -2.42. The Hall–Kier alpha value is -4.08. The van der Waals surface area contributed by atoms with Crippen molar-refractivity contribution < 1.29 is 4.79 Å². The number of anilines is 3. The van der Waals surface area contributed by atoms with Crippen molar-refractivity contribution in [3.8, 4) is 6.07 Å². The summed E-state index contributed by atoms with van der Waals surface area (Å²) in [4.78, 5) is 24.3. The molecule has 1 amide bonds. The van der Waals surface area contributed by atoms with Gasteiger partial charge in [0.15, 0.2) is 5.65 Å². The van der Waals surface area contributed by atoms with Crippen LogP contribution in [0.15, 0.2) is 59.9 Å². The fourth-order valence-electron chi connectivity index (χ4n) is 6.24. The number of pyridine rings is 1. The molecule has 0 spiro atoms. The van der Waals surface area contributed by atoms with Crippen LogP contribution >= 0.6 is 11.8 Å². The summed E-state index contributed by atoms with van der Waals surface area (Å²) in [6.45, 7) is 8.33. The summed E-state index contributed by atoms with van der Waals surface area (Å²) < 4.78 is 3.75. The minimum Gasteiger partial charge on any atom is -0.368 e. The Bertz CT molecular complexity index is 1590. The van der Waals surface area contributed by atoms with E-state index in [2.05, 4.69) is 68.0 Å². The minimum absolute atomic E-state index is 0.128. The fraction of sp³-hybridized carbons (Fsp3) is 0.452. The van der Waals surface area contributed by atoms with Crippen LogP contribution in [0.2, 0.25) is 0 Å². The summed E-state index contributed by atoms with van der Waals surface area (Å²) in [6, 6.07) is 15.3. The monoisotopic (exact) mass is 598 g/mol. The molecular weight excluding hydrogens is 560 g/mol. The highest BCUT2D eigenvalue weighted by Gasteiger charge is 2.37. The van der Waals surface area contributed by atoms with Gasteiger partial charge in [0.25, 0.3) is 0 Å². The van der Waals surface area contributed by atoms with E-state index < -0.39 is 0 Å². The minimum atomic E-state index is -0.128. The van der Waals surface area contributed by atoms with Crippen molar-refractivity contribution in [3.63, 3.8) is 0 Å². The summed E-state index contributed by atoms with van der Waals surface area (Å²) in [5.41, 5.74) is 3.82. The lowest BCUT2D eigenvalue weighted by atomic mass is 9.71. The van der Waals surface area contributed by atoms with Crippen molar-refractivity contribution in [2.75, 3.05) is 62.3 Å². The van der Waals surface area contributed by atoms with Crippen molar-refractivity contribution in [1.82, 2.24) is 34.2 Å². The fourth-order valence-corrected chi connectivity index (χ4v) is 6.65. The molecule has 2 aliphatic rings. The number of fused-ring (bicyclic) bond motifs is 1. The van der Waals surface area contributed by atoms with Gasteiger partial charge in [-0.1, -0.05) is 12.1 Å². The number of hydrogen-bond donors (Lipinski definition) is 1. The van der Waals surface area contributed by atoms with Crippen molar-refractivity contribution in [3.05, 3.63) is 60.6 Å². The van der Waals surface area contributed by atoms with Crippen molar-refractivity contribution in [1.29, 1.82) is 5.26 Å². The van der Waals surface area contributed by atoms with Crippen LogP contribution in [-0.4, -0.2) is 92.2 Å². The summed E-state index contributed by atoms with van der Waals surface area (Å²) in [7, 11) is 0. The highest BCUT2D eigenvalue weighted by atomic mass is 32.2. The predicted octanol–water partition coefficient (Wildman–Crippen LogP) is 4.01. The lowest BCUT2D eigenvalue weighted by molar-refractivity contribution is -0.130. The number of rotatable bonds is 9. The largest absolute Gasteiger partial charge is 0.368 e. The first-order valence-corrected chi connectivity index (χ1v) is 16.1. The van der Waals surface area contributed by atoms with E-state index in [4.69, 9.17) is 4.98 Å². The van der Waals surface area contributed by atoms with E-state index in [0.29, 0.717) is 12.4 Å². The molecule has 0 aliphatic carbocycles. The van der Waals surface area contributed by atoms with Crippen molar-refractivity contribution in [2.45, 2.75) is 43.0 Å². The zero-order chi connectivity index (χ0) is 29.8. The highest BCUT2D eigenvalue weighted by molar-refractivity contribution is 7.98. The summed E-state index contributed by atoms with van der Waals surface area (Å²) in [6.07, 6.45) is 10.1. The summed E-state index contributed by atoms with van der Waals surface area (Å²) in [5, 5.41) is 22.2. The molecular formula is C31H38N10OS. The zero-order valence-corrected chi connectivity index (χ0v) is 25.6. The van der Waals surface area contributed by atoms with Crippen LogP contribution in [0, 0.1) is 11.3 Å². The van der Waals surface area contributed by atoms with Crippen LogP contribution in [0.1, 0.15) is 31.7 Å². The van der Waals surface area contributed by atoms with E-state index in [0.717, 1.165) is 82.2 Å². The number of carbonyl (C=O) groups excluding carboxylic acids is 1. The second-order valence-electron chi connectivity index (χ2n) is 11.4. The van der Waals surface area contributed by atoms with Gasteiger partial charge in [0.2, 0.25) is 11.9 Å². The van der Waals surface area contributed by atoms with Crippen molar-refractivity contribution >= 4 is 40.6 Å². The summed E-state index contributed by atoms with van der Waals surface area (Å²) in [5.74, 6) is 0.675. The molecule has 12 heteroatoms. The Balaban J connectivity index is 1.09. The molecule has 0 atom stereocenters. The standard InChI is InChI=1S/C31H38N10OS/c1-24(42)38-19-16-37(17-20-38)18-21-40-23-26(22-33-40)34-30-35-29-28(4-3-13-41(29)36-30)39-14-10-31(9-12-32,11-15-39)25-5-7-27(43-2)8-6-25/h3-8,13,22-23H,9-11,14-21H2,1-2H3,(H,34,36). The third-order valence-electron chi connectivity index (χ3n) is 8.88. The SMILES string of the molecule is CSc1ccc(C2(CC#N)CCN(c3cccn4nc(Nc5cnn(CCN6CCN(C(C)=O)CC6)c5)nc34)CC2)cc1. The van der Waals surface area contributed by atoms with Crippen LogP contribution in [0.4, 0.5) is 17.3 Å². The maximum atomic E-state index is 11.6. The molecule has 0 bridgehead atoms. The van der Waals surface area contributed by atoms with Gasteiger partial charge in [0.1, 0.15) is 0 Å². The molecule has 0 radical (unpaired) electrons. The first-order chi connectivity index (χ1) is 21.0. The molecule has 1 aromatic carbocycles. The smallest absolute Gasteiger partial charge is 0.247 e. The Kier molecular flexibility index (Phi) is 8.54. The van der Waals surface area contributed by atoms with Crippen LogP contribution in [-0.2, 0) is 16.8 Å². The molecule has 5 heterocycles. The lowest BCUT2D eigenvalue weighted by Crippen LogP contribution is -2.48. The number of hydrogen-bond acceptors (Lipinski definition) is 9. The number of aromatic nitrogens is 5. The Morgan fingerprint density at radius 3 is 2.53 bits per heavy atom. The van der Waals surface area contributed by atoms with Gasteiger partial charge in [-0.25, -0.2) is 4.52 Å². The zero-order valence-electron chi connectivity index (χ0n) is 24.8. The number of amides is 1. The van der Waals surface area contributed by atoms with E-state index in [1.54, 1.807) is 24.9 Å². The second kappa shape index (κ2) is 12.7. The summed E-state index contributed by atoms with van der Waals surface area (Å²) >= 11 is 1.74. The molecule has 6 rings (SSSR count). The quantitative estimate of drug-likeness (QED) is 0.286. The van der Waals surface area contributed by atoms with Gasteiger partial charge in [-0.2, -0.15) is 15.3 Å². The molecule has 224 valence electrons. The molecule has 3 aromatic heterocycles. The maximum Gasteiger partial charge on any atom is 0.247 e. The average Bonchev–Trinajstić information content (AvgIpc) is 3.67. The molecule has 0 saturated carbocycles. The third kappa shape index (κ3) is 6.33. The molecule has 43 heavy (non-hydrogen) atoms. The highest BCUT2D eigenvalue weighted by Crippen LogP contribution is 2.40. The van der Waals surface area contributed by atoms with Gasteiger partial charge in [-0.15, -0.1) is 16.9 Å². The van der Waals surface area contributed by atoms with Gasteiger partial charge in [0, 0.05) is 81.9 Å².